The predicted molar refractivity (Wildman–Crippen MR) is 55.2 cm³/mol. The van der Waals surface area contributed by atoms with Gasteiger partial charge in [0.15, 0.2) is 0 Å². The van der Waals surface area contributed by atoms with E-state index in [0.717, 1.165) is 5.69 Å². The van der Waals surface area contributed by atoms with Gasteiger partial charge >= 0.3 is 0 Å². The van der Waals surface area contributed by atoms with Crippen LogP contribution in [0.15, 0.2) is 24.3 Å². The standard InChI is InChI=1S/C11H12FNO/c1-2-9-14-11-5-3-10(4-6-11)13-8-7-12/h1,3-6,13H,7-9H2. The second-order valence-electron chi connectivity index (χ2n) is 2.63. The molecule has 0 atom stereocenters. The van der Waals surface area contributed by atoms with Crippen LogP contribution in [0.2, 0.25) is 0 Å². The first-order chi connectivity index (χ1) is 6.86. The summed E-state index contributed by atoms with van der Waals surface area (Å²) in [5.41, 5.74) is 0.871. The fourth-order valence-electron chi connectivity index (χ4n) is 0.986. The minimum absolute atomic E-state index is 0.261. The number of hydrogen-bond acceptors (Lipinski definition) is 2. The van der Waals surface area contributed by atoms with Crippen molar-refractivity contribution >= 4 is 5.69 Å². The van der Waals surface area contributed by atoms with E-state index in [1.165, 1.54) is 0 Å². The zero-order chi connectivity index (χ0) is 10.2. The molecule has 1 rings (SSSR count). The molecule has 0 saturated carbocycles. The van der Waals surface area contributed by atoms with Crippen molar-refractivity contribution in [2.75, 3.05) is 25.1 Å². The van der Waals surface area contributed by atoms with Crippen molar-refractivity contribution in [2.45, 2.75) is 0 Å². The van der Waals surface area contributed by atoms with Crippen LogP contribution in [0.4, 0.5) is 10.1 Å². The summed E-state index contributed by atoms with van der Waals surface area (Å²) >= 11 is 0. The Hall–Kier alpha value is -1.69. The zero-order valence-electron chi connectivity index (χ0n) is 7.79. The molecule has 0 amide bonds. The second-order valence-corrected chi connectivity index (χ2v) is 2.63. The molecule has 2 nitrogen and oxygen atoms in total. The van der Waals surface area contributed by atoms with E-state index in [9.17, 15) is 4.39 Å². The van der Waals surface area contributed by atoms with Gasteiger partial charge in [-0.25, -0.2) is 4.39 Å². The van der Waals surface area contributed by atoms with Gasteiger partial charge in [0, 0.05) is 12.2 Å². The molecule has 0 spiro atoms. The zero-order valence-corrected chi connectivity index (χ0v) is 7.79. The van der Waals surface area contributed by atoms with E-state index in [-0.39, 0.29) is 13.3 Å². The summed E-state index contributed by atoms with van der Waals surface area (Å²) < 4.78 is 17.0. The van der Waals surface area contributed by atoms with Crippen LogP contribution in [-0.2, 0) is 0 Å². The Morgan fingerprint density at radius 3 is 2.64 bits per heavy atom. The van der Waals surface area contributed by atoms with Gasteiger partial charge in [0.25, 0.3) is 0 Å². The molecule has 0 aromatic heterocycles. The van der Waals surface area contributed by atoms with Gasteiger partial charge in [0.2, 0.25) is 0 Å². The molecule has 74 valence electrons. The van der Waals surface area contributed by atoms with E-state index in [1.54, 1.807) is 12.1 Å². The third-order valence-electron chi connectivity index (χ3n) is 1.60. The van der Waals surface area contributed by atoms with Crippen molar-refractivity contribution in [1.82, 2.24) is 0 Å². The average Bonchev–Trinajstić information content (AvgIpc) is 2.25. The summed E-state index contributed by atoms with van der Waals surface area (Å²) in [7, 11) is 0. The fraction of sp³-hybridized carbons (Fsp3) is 0.273. The van der Waals surface area contributed by atoms with Crippen molar-refractivity contribution in [3.63, 3.8) is 0 Å². The third kappa shape index (κ3) is 3.36. The number of rotatable bonds is 5. The maximum absolute atomic E-state index is 11.8. The maximum atomic E-state index is 11.8. The van der Waals surface area contributed by atoms with Crippen molar-refractivity contribution in [3.8, 4) is 18.1 Å². The van der Waals surface area contributed by atoms with Crippen LogP contribution in [0.5, 0.6) is 5.75 Å². The van der Waals surface area contributed by atoms with E-state index in [0.29, 0.717) is 12.3 Å². The lowest BCUT2D eigenvalue weighted by Crippen LogP contribution is -2.02. The van der Waals surface area contributed by atoms with Crippen LogP contribution in [0, 0.1) is 12.3 Å². The summed E-state index contributed by atoms with van der Waals surface area (Å²) in [6.45, 7) is 0.206. The smallest absolute Gasteiger partial charge is 0.148 e. The molecule has 0 bridgehead atoms. The van der Waals surface area contributed by atoms with E-state index < -0.39 is 0 Å². The molecule has 3 heteroatoms. The monoisotopic (exact) mass is 193 g/mol. The van der Waals surface area contributed by atoms with E-state index in [2.05, 4.69) is 11.2 Å². The van der Waals surface area contributed by atoms with Crippen molar-refractivity contribution < 1.29 is 9.13 Å². The van der Waals surface area contributed by atoms with Crippen molar-refractivity contribution in [2.24, 2.45) is 0 Å². The van der Waals surface area contributed by atoms with E-state index >= 15 is 0 Å². The lowest BCUT2D eigenvalue weighted by Gasteiger charge is -2.05. The molecule has 1 N–H and O–H groups in total. The Morgan fingerprint density at radius 2 is 2.07 bits per heavy atom. The van der Waals surface area contributed by atoms with Crippen LogP contribution in [0.25, 0.3) is 0 Å². The lowest BCUT2D eigenvalue weighted by atomic mass is 10.3. The topological polar surface area (TPSA) is 21.3 Å². The van der Waals surface area contributed by atoms with Gasteiger partial charge in [-0.3, -0.25) is 0 Å². The summed E-state index contributed by atoms with van der Waals surface area (Å²) in [5, 5.41) is 2.91. The number of benzene rings is 1. The molecule has 1 aromatic rings. The summed E-state index contributed by atoms with van der Waals surface area (Å²) in [6, 6.07) is 7.22. The highest BCUT2D eigenvalue weighted by Gasteiger charge is 1.93. The number of terminal acetylenes is 1. The van der Waals surface area contributed by atoms with Gasteiger partial charge in [-0.15, -0.1) is 6.42 Å². The molecular formula is C11H12FNO. The highest BCUT2D eigenvalue weighted by Crippen LogP contribution is 2.15. The summed E-state index contributed by atoms with van der Waals surface area (Å²) in [6.07, 6.45) is 5.04. The summed E-state index contributed by atoms with van der Waals surface area (Å²) in [4.78, 5) is 0. The van der Waals surface area contributed by atoms with Gasteiger partial charge in [-0.2, -0.15) is 0 Å². The number of alkyl halides is 1. The van der Waals surface area contributed by atoms with Gasteiger partial charge < -0.3 is 10.1 Å². The molecule has 0 unspecified atom stereocenters. The lowest BCUT2D eigenvalue weighted by molar-refractivity contribution is 0.370. The van der Waals surface area contributed by atoms with Crippen LogP contribution in [0.1, 0.15) is 0 Å². The minimum Gasteiger partial charge on any atom is -0.481 e. The van der Waals surface area contributed by atoms with Gasteiger partial charge in [-0.1, -0.05) is 5.92 Å². The van der Waals surface area contributed by atoms with Crippen LogP contribution >= 0.6 is 0 Å². The number of ether oxygens (including phenoxy) is 1. The molecule has 0 heterocycles. The number of nitrogens with one attached hydrogen (secondary N) is 1. The highest BCUT2D eigenvalue weighted by atomic mass is 19.1. The first-order valence-corrected chi connectivity index (χ1v) is 4.33. The number of halogens is 1. The molecule has 14 heavy (non-hydrogen) atoms. The second kappa shape index (κ2) is 5.87. The molecule has 0 saturated heterocycles. The summed E-state index contributed by atoms with van der Waals surface area (Å²) in [5.74, 6) is 3.09. The van der Waals surface area contributed by atoms with Crippen molar-refractivity contribution in [3.05, 3.63) is 24.3 Å². The first kappa shape index (κ1) is 10.4. The van der Waals surface area contributed by atoms with Gasteiger partial charge in [0.05, 0.1) is 0 Å². The molecular weight excluding hydrogens is 181 g/mol. The fourth-order valence-corrected chi connectivity index (χ4v) is 0.986. The Balaban J connectivity index is 2.47. The highest BCUT2D eigenvalue weighted by molar-refractivity contribution is 5.46. The Morgan fingerprint density at radius 1 is 1.36 bits per heavy atom. The Kier molecular flexibility index (Phi) is 4.36. The molecule has 1 aromatic carbocycles. The van der Waals surface area contributed by atoms with Crippen LogP contribution < -0.4 is 10.1 Å². The average molecular weight is 193 g/mol. The normalized spacial score (nSPS) is 9.14. The SMILES string of the molecule is C#CCOc1ccc(NCCF)cc1. The van der Waals surface area contributed by atoms with Crippen molar-refractivity contribution in [1.29, 1.82) is 0 Å². The third-order valence-corrected chi connectivity index (χ3v) is 1.60. The quantitative estimate of drug-likeness (QED) is 0.723. The van der Waals surface area contributed by atoms with Gasteiger partial charge in [0.1, 0.15) is 19.0 Å². The van der Waals surface area contributed by atoms with Gasteiger partial charge in [-0.05, 0) is 24.3 Å². The number of hydrogen-bond donors (Lipinski definition) is 1. The molecule has 0 aliphatic heterocycles. The molecule has 0 aliphatic rings. The maximum Gasteiger partial charge on any atom is 0.148 e. The number of anilines is 1. The predicted octanol–water partition coefficient (Wildman–Crippen LogP) is 2.08. The van der Waals surface area contributed by atoms with Crippen LogP contribution in [0.3, 0.4) is 0 Å². The van der Waals surface area contributed by atoms with E-state index in [1.807, 2.05) is 12.1 Å². The first-order valence-electron chi connectivity index (χ1n) is 4.33. The Bertz CT molecular complexity index is 302. The largest absolute Gasteiger partial charge is 0.481 e. The van der Waals surface area contributed by atoms with E-state index in [4.69, 9.17) is 11.2 Å². The Labute approximate surface area is 83.1 Å². The molecule has 0 fully saturated rings. The molecule has 0 radical (unpaired) electrons. The minimum atomic E-state index is -0.380. The molecule has 0 aliphatic carbocycles. The van der Waals surface area contributed by atoms with Crippen LogP contribution in [-0.4, -0.2) is 19.8 Å².